The molecule has 1 N–H and O–H groups in total. The van der Waals surface area contributed by atoms with Crippen LogP contribution >= 0.6 is 0 Å². The summed E-state index contributed by atoms with van der Waals surface area (Å²) in [5.41, 5.74) is 3.20. The third-order valence-electron chi connectivity index (χ3n) is 4.30. The number of hydrogen-bond donors (Lipinski definition) is 1. The molecule has 1 aliphatic heterocycles. The molecule has 23 heavy (non-hydrogen) atoms. The van der Waals surface area contributed by atoms with Crippen LogP contribution in [0.2, 0.25) is 0 Å². The van der Waals surface area contributed by atoms with E-state index in [2.05, 4.69) is 49.5 Å². The zero-order valence-corrected chi connectivity index (χ0v) is 13.9. The minimum Gasteiger partial charge on any atom is -0.497 e. The summed E-state index contributed by atoms with van der Waals surface area (Å²) in [4.78, 5) is 0. The number of benzene rings is 2. The highest BCUT2D eigenvalue weighted by molar-refractivity contribution is 5.66. The number of anilines is 1. The van der Waals surface area contributed by atoms with Crippen molar-refractivity contribution >= 4 is 11.8 Å². The quantitative estimate of drug-likeness (QED) is 0.853. The summed E-state index contributed by atoms with van der Waals surface area (Å²) < 4.78 is 11.3. The molecule has 0 bridgehead atoms. The molecule has 3 rings (SSSR count). The van der Waals surface area contributed by atoms with E-state index in [9.17, 15) is 0 Å². The van der Waals surface area contributed by atoms with Crippen molar-refractivity contribution in [2.75, 3.05) is 12.4 Å². The highest BCUT2D eigenvalue weighted by atomic mass is 16.5. The average Bonchev–Trinajstić information content (AvgIpc) is 2.60. The predicted molar refractivity (Wildman–Crippen MR) is 95.1 cm³/mol. The second-order valence-electron chi connectivity index (χ2n) is 6.06. The van der Waals surface area contributed by atoms with Gasteiger partial charge in [-0.3, -0.25) is 0 Å². The van der Waals surface area contributed by atoms with Gasteiger partial charge in [-0.15, -0.1) is 0 Å². The van der Waals surface area contributed by atoms with Crippen LogP contribution in [0.1, 0.15) is 31.4 Å². The van der Waals surface area contributed by atoms with Crippen LogP contribution in [0.5, 0.6) is 11.5 Å². The van der Waals surface area contributed by atoms with Crippen molar-refractivity contribution in [3.63, 3.8) is 0 Å². The first kappa shape index (κ1) is 15.5. The molecule has 0 amide bonds. The molecule has 1 heterocycles. The van der Waals surface area contributed by atoms with Gasteiger partial charge in [0, 0.05) is 17.8 Å². The Morgan fingerprint density at radius 2 is 2.04 bits per heavy atom. The second kappa shape index (κ2) is 6.37. The summed E-state index contributed by atoms with van der Waals surface area (Å²) in [7, 11) is 1.69. The fourth-order valence-electron chi connectivity index (χ4n) is 2.61. The Balaban J connectivity index is 1.71. The van der Waals surface area contributed by atoms with Crippen molar-refractivity contribution in [1.29, 1.82) is 0 Å². The normalized spacial score (nSPS) is 18.9. The lowest BCUT2D eigenvalue weighted by atomic mass is 9.97. The fraction of sp³-hybridized carbons (Fsp3) is 0.300. The second-order valence-corrected chi connectivity index (χ2v) is 6.06. The van der Waals surface area contributed by atoms with Gasteiger partial charge < -0.3 is 14.8 Å². The summed E-state index contributed by atoms with van der Waals surface area (Å²) in [6.45, 7) is 5.01. The number of methoxy groups -OCH3 is 1. The Hall–Kier alpha value is -2.42. The van der Waals surface area contributed by atoms with E-state index in [4.69, 9.17) is 9.47 Å². The lowest BCUT2D eigenvalue weighted by Crippen LogP contribution is -2.30. The highest BCUT2D eigenvalue weighted by Gasteiger charge is 2.25. The molecule has 0 fully saturated rings. The molecular formula is C20H23NO2. The lowest BCUT2D eigenvalue weighted by molar-refractivity contribution is 0.133. The standard InChI is InChI=1S/C20H23NO2/c1-4-20(2)11-10-16-13-17(8-9-19(16)23-20)21-14-15-6-5-7-18(12-15)22-3/h5-13,21H,4,14H2,1-3H3. The van der Waals surface area contributed by atoms with Gasteiger partial charge in [-0.1, -0.05) is 25.1 Å². The number of ether oxygens (including phenoxy) is 2. The Morgan fingerprint density at radius 1 is 1.17 bits per heavy atom. The van der Waals surface area contributed by atoms with Gasteiger partial charge in [-0.05, 0) is 55.3 Å². The molecule has 3 heteroatoms. The van der Waals surface area contributed by atoms with Crippen LogP contribution in [0.15, 0.2) is 48.5 Å². The maximum atomic E-state index is 6.09. The molecular weight excluding hydrogens is 286 g/mol. The topological polar surface area (TPSA) is 30.5 Å². The Labute approximate surface area is 137 Å². The van der Waals surface area contributed by atoms with Crippen molar-refractivity contribution in [3.05, 3.63) is 59.7 Å². The zero-order chi connectivity index (χ0) is 16.3. The van der Waals surface area contributed by atoms with Gasteiger partial charge in [0.1, 0.15) is 17.1 Å². The summed E-state index contributed by atoms with van der Waals surface area (Å²) in [5.74, 6) is 1.83. The van der Waals surface area contributed by atoms with E-state index in [1.165, 1.54) is 5.56 Å². The first-order valence-electron chi connectivity index (χ1n) is 8.01. The van der Waals surface area contributed by atoms with Gasteiger partial charge in [0.2, 0.25) is 0 Å². The molecule has 0 spiro atoms. The van der Waals surface area contributed by atoms with E-state index in [1.807, 2.05) is 24.3 Å². The van der Waals surface area contributed by atoms with E-state index in [0.29, 0.717) is 0 Å². The van der Waals surface area contributed by atoms with E-state index >= 15 is 0 Å². The minimum absolute atomic E-state index is 0.192. The maximum Gasteiger partial charge on any atom is 0.127 e. The maximum absolute atomic E-state index is 6.09. The Bertz CT molecular complexity index is 723. The monoisotopic (exact) mass is 309 g/mol. The summed E-state index contributed by atoms with van der Waals surface area (Å²) in [6, 6.07) is 14.3. The molecule has 1 unspecified atom stereocenters. The molecule has 1 atom stereocenters. The van der Waals surface area contributed by atoms with Gasteiger partial charge in [0.15, 0.2) is 0 Å². The SMILES string of the molecule is CCC1(C)C=Cc2cc(NCc3cccc(OC)c3)ccc2O1. The molecule has 120 valence electrons. The zero-order valence-electron chi connectivity index (χ0n) is 13.9. The van der Waals surface area contributed by atoms with Gasteiger partial charge in [0.25, 0.3) is 0 Å². The summed E-state index contributed by atoms with van der Waals surface area (Å²) in [6.07, 6.45) is 5.25. The highest BCUT2D eigenvalue weighted by Crippen LogP contribution is 2.34. The Kier molecular flexibility index (Phi) is 4.28. The van der Waals surface area contributed by atoms with Gasteiger partial charge in [-0.2, -0.15) is 0 Å². The van der Waals surface area contributed by atoms with Crippen molar-refractivity contribution in [2.45, 2.75) is 32.4 Å². The van der Waals surface area contributed by atoms with E-state index in [0.717, 1.165) is 35.7 Å². The van der Waals surface area contributed by atoms with Crippen molar-refractivity contribution < 1.29 is 9.47 Å². The molecule has 0 aliphatic carbocycles. The lowest BCUT2D eigenvalue weighted by Gasteiger charge is -2.30. The fourth-order valence-corrected chi connectivity index (χ4v) is 2.61. The molecule has 2 aromatic carbocycles. The van der Waals surface area contributed by atoms with Gasteiger partial charge in [0.05, 0.1) is 7.11 Å². The minimum atomic E-state index is -0.192. The number of fused-ring (bicyclic) bond motifs is 1. The van der Waals surface area contributed by atoms with Crippen LogP contribution in [0, 0.1) is 0 Å². The van der Waals surface area contributed by atoms with Crippen LogP contribution in [0.3, 0.4) is 0 Å². The van der Waals surface area contributed by atoms with Crippen LogP contribution in [0.4, 0.5) is 5.69 Å². The smallest absolute Gasteiger partial charge is 0.127 e. The first-order valence-corrected chi connectivity index (χ1v) is 8.01. The van der Waals surface area contributed by atoms with Crippen molar-refractivity contribution in [3.8, 4) is 11.5 Å². The van der Waals surface area contributed by atoms with E-state index in [-0.39, 0.29) is 5.60 Å². The van der Waals surface area contributed by atoms with Crippen LogP contribution in [-0.4, -0.2) is 12.7 Å². The molecule has 0 saturated carbocycles. The molecule has 0 radical (unpaired) electrons. The van der Waals surface area contributed by atoms with Crippen molar-refractivity contribution in [2.24, 2.45) is 0 Å². The van der Waals surface area contributed by atoms with Crippen LogP contribution in [-0.2, 0) is 6.54 Å². The molecule has 2 aromatic rings. The summed E-state index contributed by atoms with van der Waals surface area (Å²) in [5, 5.41) is 3.45. The van der Waals surface area contributed by atoms with Crippen LogP contribution < -0.4 is 14.8 Å². The Morgan fingerprint density at radius 3 is 2.83 bits per heavy atom. The van der Waals surface area contributed by atoms with Crippen LogP contribution in [0.25, 0.3) is 6.08 Å². The largest absolute Gasteiger partial charge is 0.497 e. The van der Waals surface area contributed by atoms with E-state index < -0.39 is 0 Å². The third kappa shape index (κ3) is 3.50. The number of hydrogen-bond acceptors (Lipinski definition) is 3. The first-order chi connectivity index (χ1) is 11.1. The summed E-state index contributed by atoms with van der Waals surface area (Å²) >= 11 is 0. The molecule has 3 nitrogen and oxygen atoms in total. The average molecular weight is 309 g/mol. The number of rotatable bonds is 5. The van der Waals surface area contributed by atoms with Crippen molar-refractivity contribution in [1.82, 2.24) is 0 Å². The molecule has 0 aromatic heterocycles. The van der Waals surface area contributed by atoms with E-state index in [1.54, 1.807) is 7.11 Å². The third-order valence-corrected chi connectivity index (χ3v) is 4.30. The van der Waals surface area contributed by atoms with Gasteiger partial charge in [-0.25, -0.2) is 0 Å². The number of nitrogens with one attached hydrogen (secondary N) is 1. The molecule has 1 aliphatic rings. The predicted octanol–water partition coefficient (Wildman–Crippen LogP) is 4.88. The van der Waals surface area contributed by atoms with Gasteiger partial charge >= 0.3 is 0 Å². The molecule has 0 saturated heterocycles.